The van der Waals surface area contributed by atoms with Gasteiger partial charge in [0.25, 0.3) is 0 Å². The Kier molecular flexibility index (Phi) is 11.5. The van der Waals surface area contributed by atoms with Crippen LogP contribution in [0.1, 0.15) is 12.0 Å². The van der Waals surface area contributed by atoms with Gasteiger partial charge >= 0.3 is 0 Å². The fraction of sp³-hybridized carbons (Fsp3) is 0.632. The van der Waals surface area contributed by atoms with Crippen molar-refractivity contribution >= 4 is 42.3 Å². The van der Waals surface area contributed by atoms with Crippen molar-refractivity contribution in [2.45, 2.75) is 13.0 Å². The van der Waals surface area contributed by atoms with E-state index in [0.717, 1.165) is 81.8 Å². The summed E-state index contributed by atoms with van der Waals surface area (Å²) >= 11 is 6.13. The molecule has 160 valence electrons. The van der Waals surface area contributed by atoms with Gasteiger partial charge in [-0.2, -0.15) is 0 Å². The molecule has 28 heavy (non-hydrogen) atoms. The number of benzene rings is 1. The molecule has 0 aromatic heterocycles. The maximum absolute atomic E-state index is 12.3. The molecule has 2 heterocycles. The zero-order valence-electron chi connectivity index (χ0n) is 16.4. The van der Waals surface area contributed by atoms with Gasteiger partial charge < -0.3 is 19.9 Å². The van der Waals surface area contributed by atoms with E-state index in [4.69, 9.17) is 16.3 Å². The number of amides is 1. The van der Waals surface area contributed by atoms with Crippen LogP contribution in [0.3, 0.4) is 0 Å². The first kappa shape index (κ1) is 25.3. The van der Waals surface area contributed by atoms with Gasteiger partial charge in [-0.1, -0.05) is 11.6 Å². The summed E-state index contributed by atoms with van der Waals surface area (Å²) in [7, 11) is 1.69. The van der Waals surface area contributed by atoms with Crippen molar-refractivity contribution in [2.75, 3.05) is 66.0 Å². The van der Waals surface area contributed by atoms with E-state index >= 15 is 0 Å². The Balaban J connectivity index is 0.00000196. The number of carbonyl (C=O) groups excluding carboxylic acids is 1. The van der Waals surface area contributed by atoms with Crippen molar-refractivity contribution in [1.29, 1.82) is 0 Å². The molecular formula is C19H31Cl3N4O2. The summed E-state index contributed by atoms with van der Waals surface area (Å²) in [5.41, 5.74) is 1.13. The molecule has 2 aliphatic heterocycles. The molecule has 0 saturated carbocycles. The van der Waals surface area contributed by atoms with Crippen molar-refractivity contribution in [2.24, 2.45) is 0 Å². The summed E-state index contributed by atoms with van der Waals surface area (Å²) in [6.07, 6.45) is 0.627. The Labute approximate surface area is 185 Å². The highest BCUT2D eigenvalue weighted by Gasteiger charge is 2.21. The lowest BCUT2D eigenvalue weighted by Gasteiger charge is -2.35. The SMILES string of the molecule is COc1ccc(Cl)cc1CN1CCN(CCC(=O)N2CCNCC2)CC1.Cl.Cl. The van der Waals surface area contributed by atoms with Crippen LogP contribution in [-0.4, -0.2) is 86.6 Å². The fourth-order valence-electron chi connectivity index (χ4n) is 3.61. The van der Waals surface area contributed by atoms with E-state index in [1.807, 2.05) is 23.1 Å². The second kappa shape index (κ2) is 12.7. The molecule has 9 heteroatoms. The molecule has 1 aromatic carbocycles. The molecule has 1 N–H and O–H groups in total. The maximum atomic E-state index is 12.3. The standard InChI is InChI=1S/C19H29ClN4O2.2ClH/c1-26-18-3-2-17(20)14-16(18)15-23-12-10-22(11-13-23)7-4-19(25)24-8-5-21-6-9-24;;/h2-3,14,21H,4-13,15H2,1H3;2*1H. The number of piperazine rings is 2. The Morgan fingerprint density at radius 1 is 1.07 bits per heavy atom. The van der Waals surface area contributed by atoms with Gasteiger partial charge in [-0.25, -0.2) is 0 Å². The summed E-state index contributed by atoms with van der Waals surface area (Å²) in [6.45, 7) is 9.20. The van der Waals surface area contributed by atoms with Crippen molar-refractivity contribution in [3.8, 4) is 5.75 Å². The van der Waals surface area contributed by atoms with Crippen LogP contribution in [0, 0.1) is 0 Å². The van der Waals surface area contributed by atoms with Crippen LogP contribution in [0.5, 0.6) is 5.75 Å². The minimum atomic E-state index is 0. The highest BCUT2D eigenvalue weighted by atomic mass is 35.5. The summed E-state index contributed by atoms with van der Waals surface area (Å²) in [4.78, 5) is 19.1. The molecule has 1 amide bonds. The Morgan fingerprint density at radius 2 is 1.71 bits per heavy atom. The molecule has 0 unspecified atom stereocenters. The lowest BCUT2D eigenvalue weighted by molar-refractivity contribution is -0.132. The van der Waals surface area contributed by atoms with Crippen molar-refractivity contribution in [3.63, 3.8) is 0 Å². The summed E-state index contributed by atoms with van der Waals surface area (Å²) in [5.74, 6) is 1.18. The van der Waals surface area contributed by atoms with Crippen molar-refractivity contribution in [1.82, 2.24) is 20.0 Å². The normalized spacial score (nSPS) is 18.1. The molecule has 0 atom stereocenters. The number of hydrogen-bond donors (Lipinski definition) is 1. The summed E-state index contributed by atoms with van der Waals surface area (Å²) < 4.78 is 5.44. The van der Waals surface area contributed by atoms with E-state index in [1.165, 1.54) is 0 Å². The Bertz CT molecular complexity index is 607. The molecule has 0 bridgehead atoms. The first-order chi connectivity index (χ1) is 12.7. The first-order valence-electron chi connectivity index (χ1n) is 9.41. The minimum absolute atomic E-state index is 0. The average Bonchev–Trinajstić information content (AvgIpc) is 2.68. The number of nitrogens with zero attached hydrogens (tertiary/aromatic N) is 3. The van der Waals surface area contributed by atoms with Gasteiger partial charge in [-0.05, 0) is 18.2 Å². The van der Waals surface area contributed by atoms with Gasteiger partial charge in [-0.15, -0.1) is 24.8 Å². The molecule has 2 aliphatic rings. The molecule has 0 aliphatic carbocycles. The van der Waals surface area contributed by atoms with E-state index in [-0.39, 0.29) is 30.7 Å². The maximum Gasteiger partial charge on any atom is 0.223 e. The van der Waals surface area contributed by atoms with Crippen LogP contribution < -0.4 is 10.1 Å². The van der Waals surface area contributed by atoms with Crippen LogP contribution in [-0.2, 0) is 11.3 Å². The lowest BCUT2D eigenvalue weighted by atomic mass is 10.1. The van der Waals surface area contributed by atoms with Gasteiger partial charge in [0.1, 0.15) is 5.75 Å². The molecular weight excluding hydrogens is 423 g/mol. The number of rotatable bonds is 6. The van der Waals surface area contributed by atoms with Gasteiger partial charge in [0.15, 0.2) is 0 Å². The van der Waals surface area contributed by atoms with E-state index in [0.29, 0.717) is 6.42 Å². The minimum Gasteiger partial charge on any atom is -0.496 e. The second-order valence-corrected chi connectivity index (χ2v) is 7.39. The number of methoxy groups -OCH3 is 1. The zero-order chi connectivity index (χ0) is 18.4. The van der Waals surface area contributed by atoms with Crippen LogP contribution in [0.25, 0.3) is 0 Å². The Morgan fingerprint density at radius 3 is 2.36 bits per heavy atom. The molecule has 0 spiro atoms. The molecule has 0 radical (unpaired) electrons. The van der Waals surface area contributed by atoms with Crippen LogP contribution in [0.2, 0.25) is 5.02 Å². The first-order valence-corrected chi connectivity index (χ1v) is 9.79. The number of ether oxygens (including phenoxy) is 1. The van der Waals surface area contributed by atoms with Crippen LogP contribution in [0.15, 0.2) is 18.2 Å². The van der Waals surface area contributed by atoms with Crippen molar-refractivity contribution in [3.05, 3.63) is 28.8 Å². The van der Waals surface area contributed by atoms with Crippen LogP contribution in [0.4, 0.5) is 0 Å². The largest absolute Gasteiger partial charge is 0.496 e. The molecule has 3 rings (SSSR count). The smallest absolute Gasteiger partial charge is 0.223 e. The van der Waals surface area contributed by atoms with Gasteiger partial charge in [0.05, 0.1) is 7.11 Å². The monoisotopic (exact) mass is 452 g/mol. The molecule has 1 aromatic rings. The van der Waals surface area contributed by atoms with Gasteiger partial charge in [-0.3, -0.25) is 9.69 Å². The quantitative estimate of drug-likeness (QED) is 0.715. The van der Waals surface area contributed by atoms with E-state index in [9.17, 15) is 4.79 Å². The summed E-state index contributed by atoms with van der Waals surface area (Å²) in [5, 5.41) is 4.03. The lowest BCUT2D eigenvalue weighted by Crippen LogP contribution is -2.49. The topological polar surface area (TPSA) is 48.1 Å². The number of halogens is 3. The average molecular weight is 454 g/mol. The third-order valence-corrected chi connectivity index (χ3v) is 5.45. The molecule has 2 fully saturated rings. The highest BCUT2D eigenvalue weighted by Crippen LogP contribution is 2.24. The number of nitrogens with one attached hydrogen (secondary N) is 1. The summed E-state index contributed by atoms with van der Waals surface area (Å²) in [6, 6.07) is 5.77. The number of hydrogen-bond acceptors (Lipinski definition) is 5. The van der Waals surface area contributed by atoms with E-state index in [2.05, 4.69) is 15.1 Å². The Hall–Kier alpha value is -0.760. The zero-order valence-corrected chi connectivity index (χ0v) is 18.8. The van der Waals surface area contributed by atoms with Gasteiger partial charge in [0.2, 0.25) is 5.91 Å². The fourth-order valence-corrected chi connectivity index (χ4v) is 3.80. The third-order valence-electron chi connectivity index (χ3n) is 5.21. The molecule has 2 saturated heterocycles. The number of carbonyl (C=O) groups is 1. The van der Waals surface area contributed by atoms with Crippen molar-refractivity contribution < 1.29 is 9.53 Å². The van der Waals surface area contributed by atoms with Crippen LogP contribution >= 0.6 is 36.4 Å². The second-order valence-electron chi connectivity index (χ2n) is 6.95. The van der Waals surface area contributed by atoms with E-state index < -0.39 is 0 Å². The predicted molar refractivity (Wildman–Crippen MR) is 118 cm³/mol. The molecule has 6 nitrogen and oxygen atoms in total. The van der Waals surface area contributed by atoms with Gasteiger partial charge in [0, 0.05) is 82.5 Å². The predicted octanol–water partition coefficient (Wildman–Crippen LogP) is 2.13. The third kappa shape index (κ3) is 7.25. The highest BCUT2D eigenvalue weighted by molar-refractivity contribution is 6.30. The van der Waals surface area contributed by atoms with E-state index in [1.54, 1.807) is 7.11 Å².